The molecule has 1 aliphatic rings. The monoisotopic (exact) mass is 376 g/mol. The largest absolute Gasteiger partial charge is 0.495 e. The maximum Gasteiger partial charge on any atom is 0.243 e. The minimum absolute atomic E-state index is 0.00252. The highest BCUT2D eigenvalue weighted by Gasteiger charge is 2.24. The molecule has 1 aromatic carbocycles. The number of halogens is 1. The van der Waals surface area contributed by atoms with Crippen LogP contribution in [0.4, 0.5) is 0 Å². The molecule has 134 valence electrons. The van der Waals surface area contributed by atoms with Crippen molar-refractivity contribution in [3.05, 3.63) is 23.2 Å². The van der Waals surface area contributed by atoms with Crippen molar-refractivity contribution in [2.75, 3.05) is 33.9 Å². The minimum atomic E-state index is -3.82. The van der Waals surface area contributed by atoms with Crippen LogP contribution in [0, 0.1) is 0 Å². The number of benzene rings is 1. The van der Waals surface area contributed by atoms with Gasteiger partial charge in [-0.1, -0.05) is 11.6 Å². The van der Waals surface area contributed by atoms with Crippen molar-refractivity contribution in [1.82, 2.24) is 9.62 Å². The Morgan fingerprint density at radius 1 is 1.50 bits per heavy atom. The Kier molecular flexibility index (Phi) is 6.45. The Balaban J connectivity index is 1.97. The number of hydrogen-bond donors (Lipinski definition) is 1. The van der Waals surface area contributed by atoms with Crippen molar-refractivity contribution in [3.63, 3.8) is 0 Å². The first kappa shape index (κ1) is 19.0. The number of hydrogen-bond acceptors (Lipinski definition) is 5. The highest BCUT2D eigenvalue weighted by molar-refractivity contribution is 7.89. The van der Waals surface area contributed by atoms with Gasteiger partial charge >= 0.3 is 0 Å². The topological polar surface area (TPSA) is 84.9 Å². The zero-order valence-electron chi connectivity index (χ0n) is 13.6. The van der Waals surface area contributed by atoms with Crippen LogP contribution < -0.4 is 10.1 Å². The minimum Gasteiger partial charge on any atom is -0.495 e. The number of sulfonamides is 1. The Labute approximate surface area is 146 Å². The van der Waals surface area contributed by atoms with E-state index in [9.17, 15) is 13.2 Å². The van der Waals surface area contributed by atoms with Gasteiger partial charge in [0.1, 0.15) is 5.75 Å². The van der Waals surface area contributed by atoms with E-state index in [-0.39, 0.29) is 28.5 Å². The number of carbonyl (C=O) groups excluding carboxylic acids is 1. The molecule has 0 aliphatic carbocycles. The number of nitrogens with zero attached hydrogens (tertiary/aromatic N) is 1. The number of nitrogens with one attached hydrogen (secondary N) is 1. The second kappa shape index (κ2) is 8.15. The predicted molar refractivity (Wildman–Crippen MR) is 89.8 cm³/mol. The van der Waals surface area contributed by atoms with E-state index in [1.807, 2.05) is 0 Å². The highest BCUT2D eigenvalue weighted by Crippen LogP contribution is 2.28. The fourth-order valence-corrected chi connectivity index (χ4v) is 3.84. The van der Waals surface area contributed by atoms with Crippen molar-refractivity contribution in [3.8, 4) is 5.75 Å². The van der Waals surface area contributed by atoms with Crippen LogP contribution in [0.5, 0.6) is 5.75 Å². The molecule has 0 saturated carbocycles. The quantitative estimate of drug-likeness (QED) is 0.774. The van der Waals surface area contributed by atoms with E-state index in [0.717, 1.165) is 17.1 Å². The van der Waals surface area contributed by atoms with Gasteiger partial charge in [-0.3, -0.25) is 4.79 Å². The molecule has 9 heteroatoms. The van der Waals surface area contributed by atoms with Gasteiger partial charge in [-0.05, 0) is 31.0 Å². The van der Waals surface area contributed by atoms with Gasteiger partial charge < -0.3 is 14.8 Å². The molecule has 0 radical (unpaired) electrons. The molecule has 1 amide bonds. The van der Waals surface area contributed by atoms with E-state index < -0.39 is 10.0 Å². The number of ether oxygens (including phenoxy) is 2. The van der Waals surface area contributed by atoms with Gasteiger partial charge in [-0.2, -0.15) is 4.31 Å². The molecular formula is C15H21ClN2O5S. The molecule has 1 fully saturated rings. The Bertz CT molecular complexity index is 689. The normalized spacial score (nSPS) is 17.9. The SMILES string of the molecule is COc1ccc(S(=O)(=O)N(C)CC(=O)NCC2CCCO2)cc1Cl. The lowest BCUT2D eigenvalue weighted by Gasteiger charge is -2.18. The van der Waals surface area contributed by atoms with Crippen LogP contribution in [-0.4, -0.2) is 58.6 Å². The highest BCUT2D eigenvalue weighted by atomic mass is 35.5. The van der Waals surface area contributed by atoms with Crippen LogP contribution in [-0.2, 0) is 19.6 Å². The summed E-state index contributed by atoms with van der Waals surface area (Å²) in [7, 11) is -1.03. The van der Waals surface area contributed by atoms with E-state index in [1.54, 1.807) is 0 Å². The van der Waals surface area contributed by atoms with Gasteiger partial charge in [-0.25, -0.2) is 8.42 Å². The van der Waals surface area contributed by atoms with Crippen LogP contribution in [0.1, 0.15) is 12.8 Å². The summed E-state index contributed by atoms with van der Waals surface area (Å²) in [5.74, 6) is 0.00348. The molecule has 1 aromatic rings. The third kappa shape index (κ3) is 4.60. The first-order valence-electron chi connectivity index (χ1n) is 7.52. The summed E-state index contributed by atoms with van der Waals surface area (Å²) < 4.78 is 36.4. The average molecular weight is 377 g/mol. The van der Waals surface area contributed by atoms with Crippen molar-refractivity contribution in [2.45, 2.75) is 23.8 Å². The summed E-state index contributed by atoms with van der Waals surface area (Å²) in [5.41, 5.74) is 0. The molecule has 24 heavy (non-hydrogen) atoms. The van der Waals surface area contributed by atoms with Gasteiger partial charge in [-0.15, -0.1) is 0 Å². The number of rotatable bonds is 7. The van der Waals surface area contributed by atoms with E-state index in [4.69, 9.17) is 21.1 Å². The average Bonchev–Trinajstić information content (AvgIpc) is 3.06. The van der Waals surface area contributed by atoms with Gasteiger partial charge in [0.25, 0.3) is 0 Å². The molecule has 1 atom stereocenters. The molecule has 7 nitrogen and oxygen atoms in total. The number of amides is 1. The maximum absolute atomic E-state index is 12.5. The van der Waals surface area contributed by atoms with Crippen LogP contribution in [0.15, 0.2) is 23.1 Å². The maximum atomic E-state index is 12.5. The van der Waals surface area contributed by atoms with Gasteiger partial charge in [0, 0.05) is 20.2 Å². The molecule has 0 spiro atoms. The summed E-state index contributed by atoms with van der Waals surface area (Å²) in [5, 5.41) is 2.88. The molecule has 1 aliphatic heterocycles. The van der Waals surface area contributed by atoms with Gasteiger partial charge in [0.2, 0.25) is 15.9 Å². The van der Waals surface area contributed by atoms with Crippen molar-refractivity contribution < 1.29 is 22.7 Å². The first-order chi connectivity index (χ1) is 11.3. The summed E-state index contributed by atoms with van der Waals surface area (Å²) in [6.07, 6.45) is 1.89. The molecule has 1 saturated heterocycles. The van der Waals surface area contributed by atoms with Crippen LogP contribution in [0.2, 0.25) is 5.02 Å². The Hall–Kier alpha value is -1.35. The lowest BCUT2D eigenvalue weighted by Crippen LogP contribution is -2.40. The first-order valence-corrected chi connectivity index (χ1v) is 9.34. The van der Waals surface area contributed by atoms with Crippen molar-refractivity contribution >= 4 is 27.5 Å². The van der Waals surface area contributed by atoms with Crippen LogP contribution in [0.25, 0.3) is 0 Å². The molecule has 1 unspecified atom stereocenters. The molecule has 0 aromatic heterocycles. The summed E-state index contributed by atoms with van der Waals surface area (Å²) in [6, 6.07) is 4.16. The smallest absolute Gasteiger partial charge is 0.243 e. The zero-order chi connectivity index (χ0) is 17.7. The molecule has 0 bridgehead atoms. The standard InChI is InChI=1S/C15H21ClN2O5S/c1-18(10-15(19)17-9-11-4-3-7-23-11)24(20,21)12-5-6-14(22-2)13(16)8-12/h5-6,8,11H,3-4,7,9-10H2,1-2H3,(H,17,19). The van der Waals surface area contributed by atoms with E-state index >= 15 is 0 Å². The molecule has 2 rings (SSSR count). The third-order valence-corrected chi connectivity index (χ3v) is 5.84. The van der Waals surface area contributed by atoms with Crippen molar-refractivity contribution in [1.29, 1.82) is 0 Å². The third-order valence-electron chi connectivity index (χ3n) is 3.75. The molecular weight excluding hydrogens is 356 g/mol. The zero-order valence-corrected chi connectivity index (χ0v) is 15.2. The Morgan fingerprint density at radius 3 is 2.83 bits per heavy atom. The fraction of sp³-hybridized carbons (Fsp3) is 0.533. The van der Waals surface area contributed by atoms with Crippen LogP contribution >= 0.6 is 11.6 Å². The Morgan fingerprint density at radius 2 is 2.25 bits per heavy atom. The molecule has 1 N–H and O–H groups in total. The summed E-state index contributed by atoms with van der Waals surface area (Å²) >= 11 is 5.97. The van der Waals surface area contributed by atoms with Crippen LogP contribution in [0.3, 0.4) is 0 Å². The second-order valence-electron chi connectivity index (χ2n) is 5.50. The van der Waals surface area contributed by atoms with E-state index in [1.165, 1.54) is 32.4 Å². The van der Waals surface area contributed by atoms with E-state index in [2.05, 4.69) is 5.32 Å². The summed E-state index contributed by atoms with van der Waals surface area (Å²) in [4.78, 5) is 11.9. The lowest BCUT2D eigenvalue weighted by atomic mass is 10.2. The number of carbonyl (C=O) groups is 1. The van der Waals surface area contributed by atoms with E-state index in [0.29, 0.717) is 18.9 Å². The van der Waals surface area contributed by atoms with Gasteiger partial charge in [0.15, 0.2) is 0 Å². The summed E-state index contributed by atoms with van der Waals surface area (Å²) in [6.45, 7) is 0.812. The number of likely N-dealkylation sites (N-methyl/N-ethyl adjacent to an activating group) is 1. The predicted octanol–water partition coefficient (Wildman–Crippen LogP) is 1.26. The molecule has 1 heterocycles. The fourth-order valence-electron chi connectivity index (χ4n) is 2.36. The van der Waals surface area contributed by atoms with Crippen molar-refractivity contribution in [2.24, 2.45) is 0 Å². The van der Waals surface area contributed by atoms with Gasteiger partial charge in [0.05, 0.1) is 29.7 Å². The lowest BCUT2D eigenvalue weighted by molar-refractivity contribution is -0.121. The number of methoxy groups -OCH3 is 1. The second-order valence-corrected chi connectivity index (χ2v) is 7.95.